The van der Waals surface area contributed by atoms with E-state index in [1.807, 2.05) is 31.2 Å². The fourth-order valence-electron chi connectivity index (χ4n) is 1.37. The first-order valence-corrected chi connectivity index (χ1v) is 5.05. The highest BCUT2D eigenvalue weighted by Gasteiger charge is 2.11. The Bertz CT molecular complexity index is 538. The van der Waals surface area contributed by atoms with Crippen molar-refractivity contribution in [1.29, 1.82) is 0 Å². The minimum atomic E-state index is -1.03. The van der Waals surface area contributed by atoms with Gasteiger partial charge in [0.1, 0.15) is 5.56 Å². The second-order valence-corrected chi connectivity index (χ2v) is 3.59. The van der Waals surface area contributed by atoms with Crippen molar-refractivity contribution in [3.8, 4) is 0 Å². The van der Waals surface area contributed by atoms with E-state index >= 15 is 0 Å². The van der Waals surface area contributed by atoms with Gasteiger partial charge in [-0.3, -0.25) is 0 Å². The molecule has 0 saturated heterocycles. The summed E-state index contributed by atoms with van der Waals surface area (Å²) in [7, 11) is 0. The number of aromatic nitrogens is 2. The number of hydrogen-bond acceptors (Lipinski definition) is 4. The lowest BCUT2D eigenvalue weighted by Crippen LogP contribution is -2.05. The standard InChI is InChI=1S/C12H11N3O2/c1-8-2-4-9(5-3-8)14-11-10(12(16)17)6-7-13-15-11/h2-7H,1H3,(H,14,15)(H,16,17). The molecule has 1 aromatic carbocycles. The summed E-state index contributed by atoms with van der Waals surface area (Å²) < 4.78 is 0. The molecule has 2 aromatic rings. The average molecular weight is 229 g/mol. The van der Waals surface area contributed by atoms with Crippen molar-refractivity contribution in [3.63, 3.8) is 0 Å². The lowest BCUT2D eigenvalue weighted by molar-refractivity contribution is 0.0697. The molecule has 0 aliphatic heterocycles. The van der Waals surface area contributed by atoms with E-state index in [2.05, 4.69) is 15.5 Å². The van der Waals surface area contributed by atoms with E-state index in [4.69, 9.17) is 5.11 Å². The van der Waals surface area contributed by atoms with Gasteiger partial charge in [-0.2, -0.15) is 5.10 Å². The predicted octanol–water partition coefficient (Wildman–Crippen LogP) is 2.23. The lowest BCUT2D eigenvalue weighted by atomic mass is 10.2. The predicted molar refractivity (Wildman–Crippen MR) is 63.5 cm³/mol. The number of aryl methyl sites for hydroxylation is 1. The summed E-state index contributed by atoms with van der Waals surface area (Å²) in [5, 5.41) is 19.3. The molecular weight excluding hydrogens is 218 g/mol. The number of benzene rings is 1. The normalized spacial score (nSPS) is 9.94. The Balaban J connectivity index is 2.30. The van der Waals surface area contributed by atoms with Crippen molar-refractivity contribution in [3.05, 3.63) is 47.7 Å². The van der Waals surface area contributed by atoms with Crippen LogP contribution in [-0.2, 0) is 0 Å². The van der Waals surface area contributed by atoms with Crippen LogP contribution in [0.4, 0.5) is 11.5 Å². The molecule has 0 fully saturated rings. The largest absolute Gasteiger partial charge is 0.478 e. The summed E-state index contributed by atoms with van der Waals surface area (Å²) in [6.07, 6.45) is 1.35. The first kappa shape index (κ1) is 11.1. The molecule has 5 nitrogen and oxygen atoms in total. The van der Waals surface area contributed by atoms with Crippen molar-refractivity contribution >= 4 is 17.5 Å². The molecule has 0 bridgehead atoms. The zero-order valence-electron chi connectivity index (χ0n) is 9.21. The molecule has 2 N–H and O–H groups in total. The zero-order valence-corrected chi connectivity index (χ0v) is 9.21. The summed E-state index contributed by atoms with van der Waals surface area (Å²) in [4.78, 5) is 11.0. The molecule has 0 radical (unpaired) electrons. The maximum atomic E-state index is 11.0. The number of nitrogens with one attached hydrogen (secondary N) is 1. The van der Waals surface area contributed by atoms with Crippen LogP contribution >= 0.6 is 0 Å². The third kappa shape index (κ3) is 2.57. The van der Waals surface area contributed by atoms with Crippen LogP contribution in [0.15, 0.2) is 36.5 Å². The van der Waals surface area contributed by atoms with Crippen LogP contribution in [0.1, 0.15) is 15.9 Å². The highest BCUT2D eigenvalue weighted by atomic mass is 16.4. The number of aromatic carboxylic acids is 1. The Labute approximate surface area is 98.1 Å². The maximum Gasteiger partial charge on any atom is 0.339 e. The van der Waals surface area contributed by atoms with Crippen molar-refractivity contribution in [1.82, 2.24) is 10.2 Å². The summed E-state index contributed by atoms with van der Waals surface area (Å²) in [5.41, 5.74) is 2.01. The third-order valence-electron chi connectivity index (χ3n) is 2.27. The van der Waals surface area contributed by atoms with E-state index in [1.165, 1.54) is 12.3 Å². The van der Waals surface area contributed by atoms with Gasteiger partial charge >= 0.3 is 5.97 Å². The molecule has 0 unspecified atom stereocenters. The Hall–Kier alpha value is -2.43. The van der Waals surface area contributed by atoms with Gasteiger partial charge in [0.15, 0.2) is 5.82 Å². The monoisotopic (exact) mass is 229 g/mol. The summed E-state index contributed by atoms with van der Waals surface area (Å²) in [6.45, 7) is 1.98. The number of carboxylic acid groups (broad SMARTS) is 1. The molecule has 0 aliphatic rings. The zero-order chi connectivity index (χ0) is 12.3. The van der Waals surface area contributed by atoms with E-state index in [-0.39, 0.29) is 11.4 Å². The second kappa shape index (κ2) is 4.61. The first-order valence-electron chi connectivity index (χ1n) is 5.05. The molecule has 5 heteroatoms. The van der Waals surface area contributed by atoms with Gasteiger partial charge < -0.3 is 10.4 Å². The van der Waals surface area contributed by atoms with E-state index in [0.29, 0.717) is 0 Å². The van der Waals surface area contributed by atoms with Crippen LogP contribution in [0.5, 0.6) is 0 Å². The molecule has 1 aromatic heterocycles. The van der Waals surface area contributed by atoms with Crippen LogP contribution in [0.2, 0.25) is 0 Å². The Morgan fingerprint density at radius 3 is 2.59 bits per heavy atom. The van der Waals surface area contributed by atoms with E-state index < -0.39 is 5.97 Å². The van der Waals surface area contributed by atoms with E-state index in [0.717, 1.165) is 11.3 Å². The number of carbonyl (C=O) groups is 1. The van der Waals surface area contributed by atoms with Gasteiger partial charge in [-0.1, -0.05) is 17.7 Å². The second-order valence-electron chi connectivity index (χ2n) is 3.59. The summed E-state index contributed by atoms with van der Waals surface area (Å²) in [5.74, 6) is -0.793. The van der Waals surface area contributed by atoms with Gasteiger partial charge in [0.2, 0.25) is 0 Å². The smallest absolute Gasteiger partial charge is 0.339 e. The number of carboxylic acids is 1. The van der Waals surface area contributed by atoms with E-state index in [1.54, 1.807) is 0 Å². The van der Waals surface area contributed by atoms with Crippen LogP contribution < -0.4 is 5.32 Å². The molecule has 17 heavy (non-hydrogen) atoms. The van der Waals surface area contributed by atoms with Crippen molar-refractivity contribution in [2.75, 3.05) is 5.32 Å². The number of hydrogen-bond donors (Lipinski definition) is 2. The van der Waals surface area contributed by atoms with Crippen molar-refractivity contribution < 1.29 is 9.90 Å². The minimum absolute atomic E-state index is 0.0978. The highest BCUT2D eigenvalue weighted by molar-refractivity contribution is 5.93. The Morgan fingerprint density at radius 2 is 1.94 bits per heavy atom. The molecule has 0 atom stereocenters. The maximum absolute atomic E-state index is 11.0. The lowest BCUT2D eigenvalue weighted by Gasteiger charge is -2.07. The van der Waals surface area contributed by atoms with Gasteiger partial charge in [0, 0.05) is 5.69 Å². The minimum Gasteiger partial charge on any atom is -0.478 e. The molecular formula is C12H11N3O2. The fourth-order valence-corrected chi connectivity index (χ4v) is 1.37. The van der Waals surface area contributed by atoms with Crippen LogP contribution in [0.3, 0.4) is 0 Å². The average Bonchev–Trinajstić information content (AvgIpc) is 2.32. The van der Waals surface area contributed by atoms with Gasteiger partial charge in [-0.25, -0.2) is 4.79 Å². The Kier molecular flexibility index (Phi) is 3.00. The van der Waals surface area contributed by atoms with Gasteiger partial charge in [0.25, 0.3) is 0 Å². The number of anilines is 2. The van der Waals surface area contributed by atoms with Crippen LogP contribution in [-0.4, -0.2) is 21.3 Å². The molecule has 86 valence electrons. The fraction of sp³-hybridized carbons (Fsp3) is 0.0833. The summed E-state index contributed by atoms with van der Waals surface area (Å²) >= 11 is 0. The molecule has 1 heterocycles. The SMILES string of the molecule is Cc1ccc(Nc2nnccc2C(=O)O)cc1. The molecule has 0 saturated carbocycles. The first-order chi connectivity index (χ1) is 8.16. The third-order valence-corrected chi connectivity index (χ3v) is 2.27. The topological polar surface area (TPSA) is 75.1 Å². The van der Waals surface area contributed by atoms with E-state index in [9.17, 15) is 4.79 Å². The van der Waals surface area contributed by atoms with Crippen molar-refractivity contribution in [2.24, 2.45) is 0 Å². The number of rotatable bonds is 3. The highest BCUT2D eigenvalue weighted by Crippen LogP contribution is 2.17. The van der Waals surface area contributed by atoms with Gasteiger partial charge in [-0.15, -0.1) is 5.10 Å². The van der Waals surface area contributed by atoms with Crippen LogP contribution in [0, 0.1) is 6.92 Å². The number of nitrogens with zero attached hydrogens (tertiary/aromatic N) is 2. The Morgan fingerprint density at radius 1 is 1.24 bits per heavy atom. The van der Waals surface area contributed by atoms with Gasteiger partial charge in [-0.05, 0) is 25.1 Å². The molecule has 2 rings (SSSR count). The summed E-state index contributed by atoms with van der Waals surface area (Å²) in [6, 6.07) is 8.98. The van der Waals surface area contributed by atoms with Gasteiger partial charge in [0.05, 0.1) is 6.20 Å². The quantitative estimate of drug-likeness (QED) is 0.844. The molecule has 0 spiro atoms. The van der Waals surface area contributed by atoms with Crippen molar-refractivity contribution in [2.45, 2.75) is 6.92 Å². The molecule has 0 amide bonds. The van der Waals surface area contributed by atoms with Crippen LogP contribution in [0.25, 0.3) is 0 Å². The molecule has 0 aliphatic carbocycles.